The van der Waals surface area contributed by atoms with E-state index in [9.17, 15) is 14.4 Å². The number of esters is 1. The van der Waals surface area contributed by atoms with Gasteiger partial charge in [-0.1, -0.05) is 38.1 Å². The number of para-hydroxylation sites is 1. The molecule has 2 amide bonds. The van der Waals surface area contributed by atoms with Gasteiger partial charge in [0, 0.05) is 66.7 Å². The van der Waals surface area contributed by atoms with Crippen molar-refractivity contribution in [2.45, 2.75) is 62.8 Å². The summed E-state index contributed by atoms with van der Waals surface area (Å²) in [5.74, 6) is 1.38. The van der Waals surface area contributed by atoms with Gasteiger partial charge in [-0.2, -0.15) is 12.6 Å². The van der Waals surface area contributed by atoms with Crippen molar-refractivity contribution in [3.8, 4) is 28.7 Å². The van der Waals surface area contributed by atoms with Gasteiger partial charge in [0.1, 0.15) is 5.75 Å². The van der Waals surface area contributed by atoms with Gasteiger partial charge in [-0.25, -0.2) is 0 Å². The standard InChI is InChI=1S/C43H42N4O8S/c1-43(2,56)13-12-40(48)55-29-11-10-26-17-28-24-45-33-22-39(37(52-4)20-31(33)42(50)47(28)35(26)18-29)54-15-7-14-53-38-21-32-30(19-36(38)51-3)41(49)46-27(23-44-32)16-25-8-5-6-9-34(25)46/h5-6,8-11,18-24,27-28,56H,7,12-17H2,1-4H3/t27-,28-/m0/s1. The predicted molar refractivity (Wildman–Crippen MR) is 217 cm³/mol. The summed E-state index contributed by atoms with van der Waals surface area (Å²) in [6, 6.07) is 19.6. The third kappa shape index (κ3) is 7.18. The van der Waals surface area contributed by atoms with Crippen molar-refractivity contribution >= 4 is 65.6 Å². The molecule has 0 aromatic heterocycles. The fraction of sp³-hybridized carbons (Fsp3) is 0.326. The first-order chi connectivity index (χ1) is 27.0. The van der Waals surface area contributed by atoms with E-state index in [0.717, 1.165) is 16.8 Å². The minimum absolute atomic E-state index is 0.131. The molecule has 0 aliphatic carbocycles. The summed E-state index contributed by atoms with van der Waals surface area (Å²) >= 11 is 4.49. The summed E-state index contributed by atoms with van der Waals surface area (Å²) in [4.78, 5) is 53.3. The van der Waals surface area contributed by atoms with Crippen LogP contribution in [-0.2, 0) is 17.6 Å². The molecular formula is C43H42N4O8S. The number of fused-ring (bicyclic) bond motifs is 8. The van der Waals surface area contributed by atoms with Crippen molar-refractivity contribution in [2.75, 3.05) is 37.2 Å². The molecule has 0 saturated carbocycles. The van der Waals surface area contributed by atoms with Crippen LogP contribution in [0.5, 0.6) is 28.7 Å². The fourth-order valence-corrected chi connectivity index (χ4v) is 7.59. The molecule has 4 aromatic carbocycles. The van der Waals surface area contributed by atoms with Gasteiger partial charge in [-0.3, -0.25) is 34.2 Å². The van der Waals surface area contributed by atoms with E-state index < -0.39 is 0 Å². The van der Waals surface area contributed by atoms with E-state index in [4.69, 9.17) is 28.7 Å². The number of carbonyl (C=O) groups excluding carboxylic acids is 3. The van der Waals surface area contributed by atoms with Crippen molar-refractivity contribution in [1.29, 1.82) is 0 Å². The summed E-state index contributed by atoms with van der Waals surface area (Å²) < 4.78 is 28.9. The van der Waals surface area contributed by atoms with Crippen LogP contribution in [0.1, 0.15) is 65.0 Å². The maximum absolute atomic E-state index is 14.1. The van der Waals surface area contributed by atoms with Crippen molar-refractivity contribution < 1.29 is 38.1 Å². The lowest BCUT2D eigenvalue weighted by molar-refractivity contribution is -0.134. The second kappa shape index (κ2) is 15.0. The normalized spacial score (nSPS) is 17.5. The summed E-state index contributed by atoms with van der Waals surface area (Å²) in [5.41, 5.74) is 5.45. The minimum atomic E-state index is -0.354. The van der Waals surface area contributed by atoms with Gasteiger partial charge in [0.25, 0.3) is 11.8 Å². The highest BCUT2D eigenvalue weighted by Crippen LogP contribution is 2.43. The zero-order valence-electron chi connectivity index (χ0n) is 31.6. The SMILES string of the molecule is COc1cc2c(cc1OCCCOc1cc3c(cc1OC)C(=O)N1c4cc(OC(=O)CCC(C)(C)S)ccc4C[C@H]1C=N3)N=C[C@@H]1Cc3ccccc3N1C2=O. The quantitative estimate of drug-likeness (QED) is 0.0678. The third-order valence-corrected chi connectivity index (χ3v) is 10.5. The number of thiol groups is 1. The molecule has 0 unspecified atom stereocenters. The average molecular weight is 775 g/mol. The van der Waals surface area contributed by atoms with E-state index in [-0.39, 0.29) is 47.6 Å². The molecule has 4 aliphatic heterocycles. The van der Waals surface area contributed by atoms with Gasteiger partial charge in [0.05, 0.1) is 67.7 Å². The minimum Gasteiger partial charge on any atom is -0.493 e. The zero-order chi connectivity index (χ0) is 39.1. The summed E-state index contributed by atoms with van der Waals surface area (Å²) in [7, 11) is 3.06. The van der Waals surface area contributed by atoms with Crippen molar-refractivity contribution in [1.82, 2.24) is 0 Å². The zero-order valence-corrected chi connectivity index (χ0v) is 32.5. The number of amides is 2. The first-order valence-corrected chi connectivity index (χ1v) is 19.0. The molecule has 2 atom stereocenters. The highest BCUT2D eigenvalue weighted by Gasteiger charge is 2.38. The summed E-state index contributed by atoms with van der Waals surface area (Å²) in [5, 5.41) is 0. The largest absolute Gasteiger partial charge is 0.493 e. The van der Waals surface area contributed by atoms with Gasteiger partial charge in [-0.15, -0.1) is 0 Å². The third-order valence-electron chi connectivity index (χ3n) is 10.3. The first-order valence-electron chi connectivity index (χ1n) is 18.6. The number of carbonyl (C=O) groups is 3. The van der Waals surface area contributed by atoms with Crippen LogP contribution in [-0.4, -0.2) is 74.5 Å². The van der Waals surface area contributed by atoms with Crippen LogP contribution in [0.15, 0.2) is 76.7 Å². The van der Waals surface area contributed by atoms with E-state index in [1.807, 2.05) is 50.4 Å². The monoisotopic (exact) mass is 774 g/mol. The van der Waals surface area contributed by atoms with Gasteiger partial charge < -0.3 is 23.7 Å². The molecule has 56 heavy (non-hydrogen) atoms. The van der Waals surface area contributed by atoms with E-state index in [1.54, 1.807) is 59.5 Å². The van der Waals surface area contributed by atoms with Gasteiger partial charge in [0.15, 0.2) is 23.0 Å². The Morgan fingerprint density at radius 3 is 1.88 bits per heavy atom. The van der Waals surface area contributed by atoms with Crippen LogP contribution < -0.4 is 33.5 Å². The lowest BCUT2D eigenvalue weighted by atomic mass is 10.1. The fourth-order valence-electron chi connectivity index (χ4n) is 7.48. The van der Waals surface area contributed by atoms with Gasteiger partial charge >= 0.3 is 5.97 Å². The van der Waals surface area contributed by atoms with E-state index in [0.29, 0.717) is 89.2 Å². The lowest BCUT2D eigenvalue weighted by Crippen LogP contribution is -2.37. The number of benzene rings is 4. The van der Waals surface area contributed by atoms with Crippen LogP contribution in [0.25, 0.3) is 0 Å². The molecule has 0 N–H and O–H groups in total. The molecule has 12 nitrogen and oxygen atoms in total. The Hall–Kier alpha value is -5.82. The number of hydrogen-bond acceptors (Lipinski definition) is 11. The second-order valence-corrected chi connectivity index (χ2v) is 16.0. The Kier molecular flexibility index (Phi) is 9.96. The average Bonchev–Trinajstić information content (AvgIpc) is 3.67. The highest BCUT2D eigenvalue weighted by molar-refractivity contribution is 7.81. The van der Waals surface area contributed by atoms with Crippen molar-refractivity contribution in [3.05, 3.63) is 89.0 Å². The van der Waals surface area contributed by atoms with E-state index >= 15 is 0 Å². The summed E-state index contributed by atoms with van der Waals surface area (Å²) in [6.45, 7) is 4.46. The number of methoxy groups -OCH3 is 2. The topological polar surface area (TPSA) is 129 Å². The van der Waals surface area contributed by atoms with Gasteiger partial charge in [-0.05, 0) is 41.8 Å². The predicted octanol–water partition coefficient (Wildman–Crippen LogP) is 7.52. The highest BCUT2D eigenvalue weighted by atomic mass is 32.1. The van der Waals surface area contributed by atoms with Crippen LogP contribution >= 0.6 is 12.6 Å². The Labute approximate surface area is 330 Å². The molecule has 0 saturated heterocycles. The Morgan fingerprint density at radius 1 is 0.750 bits per heavy atom. The van der Waals surface area contributed by atoms with Crippen LogP contribution in [0.4, 0.5) is 22.7 Å². The molecule has 0 bridgehead atoms. The number of aliphatic imine (C=N–C) groups is 2. The van der Waals surface area contributed by atoms with E-state index in [1.165, 1.54) is 7.11 Å². The molecule has 0 radical (unpaired) electrons. The Morgan fingerprint density at radius 2 is 1.30 bits per heavy atom. The first kappa shape index (κ1) is 37.1. The number of ether oxygens (including phenoxy) is 5. The molecule has 13 heteroatoms. The number of anilines is 2. The molecule has 4 aliphatic rings. The van der Waals surface area contributed by atoms with Crippen LogP contribution in [0.3, 0.4) is 0 Å². The maximum Gasteiger partial charge on any atom is 0.311 e. The van der Waals surface area contributed by atoms with Crippen molar-refractivity contribution in [3.63, 3.8) is 0 Å². The molecule has 4 aromatic rings. The Balaban J connectivity index is 0.919. The lowest BCUT2D eigenvalue weighted by Gasteiger charge is -2.22. The summed E-state index contributed by atoms with van der Waals surface area (Å²) in [6.07, 6.45) is 6.18. The Bertz CT molecular complexity index is 2300. The van der Waals surface area contributed by atoms with E-state index in [2.05, 4.69) is 17.6 Å². The number of hydrogen-bond donors (Lipinski definition) is 1. The number of nitrogens with zero attached hydrogens (tertiary/aromatic N) is 4. The molecule has 0 fully saturated rings. The van der Waals surface area contributed by atoms with Crippen LogP contribution in [0, 0.1) is 0 Å². The van der Waals surface area contributed by atoms with Crippen LogP contribution in [0.2, 0.25) is 0 Å². The maximum atomic E-state index is 14.1. The molecule has 8 rings (SSSR count). The van der Waals surface area contributed by atoms with Crippen molar-refractivity contribution in [2.24, 2.45) is 9.98 Å². The second-order valence-electron chi connectivity index (χ2n) is 14.7. The smallest absolute Gasteiger partial charge is 0.311 e. The molecule has 288 valence electrons. The molecule has 0 spiro atoms. The van der Waals surface area contributed by atoms with Gasteiger partial charge in [0.2, 0.25) is 0 Å². The molecular weight excluding hydrogens is 733 g/mol. The molecule has 4 heterocycles. The number of rotatable bonds is 12.